The van der Waals surface area contributed by atoms with E-state index < -0.39 is 83.2 Å². The molecule has 5 rings (SSSR count). The second kappa shape index (κ2) is 18.8. The Morgan fingerprint density at radius 2 is 1.81 bits per heavy atom. The van der Waals surface area contributed by atoms with Crippen LogP contribution >= 0.6 is 0 Å². The van der Waals surface area contributed by atoms with Gasteiger partial charge in [0.1, 0.15) is 41.6 Å². The largest absolute Gasteiger partial charge is 0.459 e. The molecule has 2 bridgehead atoms. The van der Waals surface area contributed by atoms with E-state index in [-0.39, 0.29) is 56.5 Å². The molecule has 0 unspecified atom stereocenters. The Bertz CT molecular complexity index is 1880. The minimum absolute atomic E-state index is 0.0264. The number of rotatable bonds is 7. The summed E-state index contributed by atoms with van der Waals surface area (Å²) in [6.07, 6.45) is -5.20. The predicted molar refractivity (Wildman–Crippen MR) is 217 cm³/mol. The van der Waals surface area contributed by atoms with E-state index in [1.54, 1.807) is 45.9 Å². The van der Waals surface area contributed by atoms with Gasteiger partial charge in [-0.2, -0.15) is 4.98 Å². The summed E-state index contributed by atoms with van der Waals surface area (Å²) in [6, 6.07) is 4.99. The minimum Gasteiger partial charge on any atom is -0.459 e. The number of benzene rings is 1. The summed E-state index contributed by atoms with van der Waals surface area (Å²) >= 11 is 0. The number of carbonyl (C=O) groups is 3. The second-order valence-electron chi connectivity index (χ2n) is 17.2. The molecule has 328 valence electrons. The zero-order valence-electron chi connectivity index (χ0n) is 36.2. The lowest BCUT2D eigenvalue weighted by molar-refractivity contribution is -0.296. The van der Waals surface area contributed by atoms with Gasteiger partial charge in [0, 0.05) is 30.5 Å². The molecule has 0 radical (unpaired) electrons. The van der Waals surface area contributed by atoms with E-state index in [0.29, 0.717) is 23.2 Å². The number of nitrogens with zero attached hydrogens (tertiary/aromatic N) is 4. The number of hydrogen-bond acceptors (Lipinski definition) is 16. The van der Waals surface area contributed by atoms with Crippen LogP contribution in [0.4, 0.5) is 6.01 Å². The first kappa shape index (κ1) is 46.2. The Labute approximate surface area is 345 Å². The van der Waals surface area contributed by atoms with Gasteiger partial charge < -0.3 is 53.8 Å². The van der Waals surface area contributed by atoms with Crippen molar-refractivity contribution in [3.63, 3.8) is 0 Å². The zero-order valence-corrected chi connectivity index (χ0v) is 36.2. The third-order valence-corrected chi connectivity index (χ3v) is 12.0. The molecule has 2 aromatic rings. The summed E-state index contributed by atoms with van der Waals surface area (Å²) in [4.78, 5) is 57.6. The molecular formula is C42H63N5O12. The van der Waals surface area contributed by atoms with Crippen LogP contribution in [0.3, 0.4) is 0 Å². The maximum atomic E-state index is 14.5. The van der Waals surface area contributed by atoms with Crippen LogP contribution in [0.2, 0.25) is 0 Å². The number of fused-ring (bicyclic) bond motifs is 6. The standard InChI is InChI=1S/C42H63N5O12/c1-12-32-42(9,52)37-23(4)33(44-26(7)48)21(2)17-41(8,54-20-28(19-53-37)46-55-18-27-13-14-31-29(16-27)45-40(43)57-31)36(24(5)34(49)25(6)38(51)58-32)59-39-35(50)30(47(10)11)15-22(3)56-39/h13-14,16,21-25,30,32,35-37,39,50,52H,12,15,17-20H2,1-11H3,(H2,43,45)/b44-33?,46-28+/t21-,22-,23+,24+,25-,30+,32-,35-,36-,37+,39+,41-,42-/m1/s1. The quantitative estimate of drug-likeness (QED) is 0.205. The molecule has 3 saturated heterocycles. The van der Waals surface area contributed by atoms with Crippen LogP contribution in [0, 0.1) is 23.7 Å². The smallest absolute Gasteiger partial charge is 0.316 e. The van der Waals surface area contributed by atoms with E-state index >= 15 is 0 Å². The van der Waals surface area contributed by atoms with E-state index in [1.807, 2.05) is 32.8 Å². The van der Waals surface area contributed by atoms with Crippen molar-refractivity contribution in [2.24, 2.45) is 33.8 Å². The maximum Gasteiger partial charge on any atom is 0.316 e. The van der Waals surface area contributed by atoms with Crippen molar-refractivity contribution in [1.29, 1.82) is 0 Å². The number of Topliss-reactive ketones (excluding diaryl/α,β-unsaturated/α-hetero) is 1. The molecule has 4 heterocycles. The molecule has 0 spiro atoms. The highest BCUT2D eigenvalue weighted by Crippen LogP contribution is 2.40. The maximum absolute atomic E-state index is 14.5. The van der Waals surface area contributed by atoms with Gasteiger partial charge >= 0.3 is 5.97 Å². The Morgan fingerprint density at radius 1 is 1.10 bits per heavy atom. The van der Waals surface area contributed by atoms with Crippen LogP contribution in [0.25, 0.3) is 11.1 Å². The number of carbonyl (C=O) groups excluding carboxylic acids is 3. The molecule has 17 heteroatoms. The van der Waals surface area contributed by atoms with Crippen molar-refractivity contribution in [2.45, 2.75) is 142 Å². The summed E-state index contributed by atoms with van der Waals surface area (Å²) in [6.45, 7) is 14.7. The summed E-state index contributed by atoms with van der Waals surface area (Å²) in [5.41, 5.74) is 4.93. The number of aliphatic imine (C=N–C) groups is 1. The first-order chi connectivity index (χ1) is 27.7. The van der Waals surface area contributed by atoms with Crippen molar-refractivity contribution in [3.8, 4) is 0 Å². The minimum atomic E-state index is -1.86. The number of nitrogens with two attached hydrogens (primary N) is 1. The monoisotopic (exact) mass is 829 g/mol. The van der Waals surface area contributed by atoms with E-state index in [0.717, 1.165) is 5.56 Å². The van der Waals surface area contributed by atoms with Crippen molar-refractivity contribution < 1.29 is 57.5 Å². The first-order valence-corrected chi connectivity index (χ1v) is 20.5. The van der Waals surface area contributed by atoms with Gasteiger partial charge in [0.2, 0.25) is 5.91 Å². The highest BCUT2D eigenvalue weighted by atomic mass is 16.7. The topological polar surface area (TPSA) is 227 Å². The number of amides is 1. The third kappa shape index (κ3) is 10.4. The number of aliphatic hydroxyl groups is 2. The Morgan fingerprint density at radius 3 is 2.47 bits per heavy atom. The number of hydrogen-bond donors (Lipinski definition) is 3. The normalized spacial score (nSPS) is 38.2. The molecule has 1 aromatic heterocycles. The van der Waals surface area contributed by atoms with Gasteiger partial charge in [-0.1, -0.05) is 38.9 Å². The predicted octanol–water partition coefficient (Wildman–Crippen LogP) is 3.85. The number of oxime groups is 1. The molecular weight excluding hydrogens is 766 g/mol. The van der Waals surface area contributed by atoms with Gasteiger partial charge in [-0.25, -0.2) is 4.99 Å². The number of aliphatic hydroxyl groups excluding tert-OH is 1. The summed E-state index contributed by atoms with van der Waals surface area (Å²) in [7, 11) is 3.72. The molecule has 3 fully saturated rings. The highest BCUT2D eigenvalue weighted by molar-refractivity contribution is 6.00. The van der Waals surface area contributed by atoms with E-state index in [1.165, 1.54) is 20.8 Å². The summed E-state index contributed by atoms with van der Waals surface area (Å²) in [5.74, 6) is -5.38. The number of nitrogen functional groups attached to an aromatic ring is 1. The second-order valence-corrected chi connectivity index (χ2v) is 17.2. The zero-order chi connectivity index (χ0) is 43.6. The lowest BCUT2D eigenvalue weighted by Crippen LogP contribution is -2.60. The number of anilines is 1. The van der Waals surface area contributed by atoms with E-state index in [2.05, 4.69) is 15.1 Å². The van der Waals surface area contributed by atoms with Crippen LogP contribution in [-0.2, 0) is 49.5 Å². The molecule has 0 aliphatic carbocycles. The Kier molecular flexibility index (Phi) is 14.8. The van der Waals surface area contributed by atoms with Crippen LogP contribution in [-0.4, -0.2) is 131 Å². The van der Waals surface area contributed by atoms with Crippen LogP contribution in [0.5, 0.6) is 0 Å². The van der Waals surface area contributed by atoms with Gasteiger partial charge in [-0.05, 0) is 84.7 Å². The average Bonchev–Trinajstić information content (AvgIpc) is 3.54. The molecule has 1 amide bonds. The van der Waals surface area contributed by atoms with Crippen molar-refractivity contribution >= 4 is 46.2 Å². The Balaban J connectivity index is 1.66. The molecule has 0 saturated carbocycles. The average molecular weight is 830 g/mol. The number of esters is 1. The molecule has 3 aliphatic heterocycles. The van der Waals surface area contributed by atoms with E-state index in [9.17, 15) is 24.6 Å². The van der Waals surface area contributed by atoms with Crippen LogP contribution < -0.4 is 5.73 Å². The van der Waals surface area contributed by atoms with Gasteiger partial charge in [0.15, 0.2) is 17.7 Å². The van der Waals surface area contributed by atoms with Gasteiger partial charge in [0.25, 0.3) is 6.01 Å². The lowest BCUT2D eigenvalue weighted by Gasteiger charge is -2.47. The van der Waals surface area contributed by atoms with Crippen LogP contribution in [0.15, 0.2) is 32.8 Å². The molecule has 3 aliphatic rings. The fourth-order valence-corrected chi connectivity index (χ4v) is 8.88. The number of ketones is 1. The molecule has 4 N–H and O–H groups in total. The fourth-order valence-electron chi connectivity index (χ4n) is 8.88. The number of likely N-dealkylation sites (N-methyl/N-ethyl adjacent to an activating group) is 1. The first-order valence-electron chi connectivity index (χ1n) is 20.5. The van der Waals surface area contributed by atoms with E-state index in [4.69, 9.17) is 38.7 Å². The number of cyclic esters (lactones) is 1. The summed E-state index contributed by atoms with van der Waals surface area (Å²) in [5, 5.41) is 28.5. The molecule has 13 atom stereocenters. The third-order valence-electron chi connectivity index (χ3n) is 12.0. The van der Waals surface area contributed by atoms with Gasteiger partial charge in [-0.15, -0.1) is 0 Å². The number of aromatic nitrogens is 1. The van der Waals surface area contributed by atoms with Crippen molar-refractivity contribution in [2.75, 3.05) is 33.0 Å². The lowest BCUT2D eigenvalue weighted by atomic mass is 9.73. The SMILES string of the molecule is CC[C@H]1OC(=O)[C@H](C)C(=O)[C@H](C)[C@@H](O[C@@H]2O[C@H](C)C[C@H](N(C)C)[C@H]2O)[C@@]2(C)C[C@@H](C)C(=NC(C)=O)[C@H](C)[C@H](OC/C(=N\OCc3ccc4oc(N)nc4c3)CO2)[C@]1(C)O. The van der Waals surface area contributed by atoms with Crippen molar-refractivity contribution in [1.82, 2.24) is 9.88 Å². The fraction of sp³-hybridized carbons (Fsp3) is 0.714. The summed E-state index contributed by atoms with van der Waals surface area (Å²) < 4.78 is 37.8. The Hall–Kier alpha value is -3.84. The number of ether oxygens (including phenoxy) is 5. The highest BCUT2D eigenvalue weighted by Gasteiger charge is 2.53. The van der Waals surface area contributed by atoms with Crippen LogP contribution in [0.1, 0.15) is 87.1 Å². The molecule has 1 aromatic carbocycles. The molecule has 17 nitrogen and oxygen atoms in total. The van der Waals surface area contributed by atoms with Gasteiger partial charge in [0.05, 0.1) is 37.1 Å². The van der Waals surface area contributed by atoms with Crippen molar-refractivity contribution in [3.05, 3.63) is 23.8 Å². The number of oxazole rings is 1. The molecule has 59 heavy (non-hydrogen) atoms. The van der Waals surface area contributed by atoms with Gasteiger partial charge in [-0.3, -0.25) is 14.4 Å².